The molecule has 2 atom stereocenters. The van der Waals surface area contributed by atoms with E-state index in [0.29, 0.717) is 24.4 Å². The van der Waals surface area contributed by atoms with Crippen LogP contribution in [0.2, 0.25) is 0 Å². The highest BCUT2D eigenvalue weighted by atomic mass is 16.2. The SMILES string of the molecule is CC(=Cc1ccccc1)CN1[C@@H]2CC[C@H]1CN(C)C(=O)C2. The van der Waals surface area contributed by atoms with Crippen LogP contribution in [0.1, 0.15) is 31.7 Å². The fourth-order valence-electron chi connectivity index (χ4n) is 3.63. The standard InChI is InChI=1S/C18H24N2O/c1-14(10-15-6-4-3-5-7-15)12-20-16-8-9-17(20)13-19(2)18(21)11-16/h3-7,10,16-17H,8-9,11-13H2,1-2H3/t16-,17+/m1/s1. The Labute approximate surface area is 127 Å². The Bertz CT molecular complexity index is 537. The van der Waals surface area contributed by atoms with E-state index in [1.54, 1.807) is 0 Å². The second-order valence-electron chi connectivity index (χ2n) is 6.44. The van der Waals surface area contributed by atoms with Gasteiger partial charge in [-0.15, -0.1) is 0 Å². The number of carbonyl (C=O) groups is 1. The topological polar surface area (TPSA) is 23.6 Å². The van der Waals surface area contributed by atoms with E-state index in [4.69, 9.17) is 0 Å². The highest BCUT2D eigenvalue weighted by Gasteiger charge is 2.38. The summed E-state index contributed by atoms with van der Waals surface area (Å²) < 4.78 is 0. The van der Waals surface area contributed by atoms with Gasteiger partial charge < -0.3 is 4.90 Å². The molecule has 1 amide bonds. The second-order valence-corrected chi connectivity index (χ2v) is 6.44. The number of hydrogen-bond donors (Lipinski definition) is 0. The van der Waals surface area contributed by atoms with Gasteiger partial charge in [0, 0.05) is 38.6 Å². The Hall–Kier alpha value is -1.61. The summed E-state index contributed by atoms with van der Waals surface area (Å²) in [6, 6.07) is 11.4. The summed E-state index contributed by atoms with van der Waals surface area (Å²) in [6.07, 6.45) is 5.34. The molecule has 1 aromatic carbocycles. The van der Waals surface area contributed by atoms with Gasteiger partial charge in [0.2, 0.25) is 5.91 Å². The molecular weight excluding hydrogens is 260 g/mol. The molecule has 2 aliphatic heterocycles. The van der Waals surface area contributed by atoms with Crippen LogP contribution in [0, 0.1) is 0 Å². The quantitative estimate of drug-likeness (QED) is 0.852. The molecule has 0 spiro atoms. The number of rotatable bonds is 3. The molecular formula is C18H24N2O. The molecule has 0 radical (unpaired) electrons. The van der Waals surface area contributed by atoms with E-state index >= 15 is 0 Å². The summed E-state index contributed by atoms with van der Waals surface area (Å²) in [5, 5.41) is 0. The van der Waals surface area contributed by atoms with Crippen LogP contribution < -0.4 is 0 Å². The minimum atomic E-state index is 0.303. The molecule has 1 aromatic rings. The molecule has 3 rings (SSSR count). The Morgan fingerprint density at radius 3 is 2.71 bits per heavy atom. The van der Waals surface area contributed by atoms with Crippen LogP contribution in [-0.2, 0) is 4.79 Å². The van der Waals surface area contributed by atoms with Gasteiger partial charge in [-0.3, -0.25) is 9.69 Å². The summed E-state index contributed by atoms with van der Waals surface area (Å²) in [7, 11) is 1.94. The zero-order valence-electron chi connectivity index (χ0n) is 13.0. The van der Waals surface area contributed by atoms with E-state index in [9.17, 15) is 4.79 Å². The number of likely N-dealkylation sites (N-methyl/N-ethyl adjacent to an activating group) is 1. The van der Waals surface area contributed by atoms with Crippen molar-refractivity contribution in [3.8, 4) is 0 Å². The van der Waals surface area contributed by atoms with E-state index in [1.807, 2.05) is 18.0 Å². The lowest BCUT2D eigenvalue weighted by Gasteiger charge is -2.28. The van der Waals surface area contributed by atoms with Gasteiger partial charge in [0.25, 0.3) is 0 Å². The van der Waals surface area contributed by atoms with Gasteiger partial charge in [-0.25, -0.2) is 0 Å². The fraction of sp³-hybridized carbons (Fsp3) is 0.500. The Morgan fingerprint density at radius 1 is 1.24 bits per heavy atom. The molecule has 0 aromatic heterocycles. The van der Waals surface area contributed by atoms with Gasteiger partial charge in [-0.2, -0.15) is 0 Å². The first-order chi connectivity index (χ1) is 10.1. The number of benzene rings is 1. The largest absolute Gasteiger partial charge is 0.344 e. The molecule has 0 saturated carbocycles. The van der Waals surface area contributed by atoms with E-state index < -0.39 is 0 Å². The second kappa shape index (κ2) is 6.02. The number of likely N-dealkylation sites (tertiary alicyclic amines) is 1. The highest BCUT2D eigenvalue weighted by molar-refractivity contribution is 5.77. The van der Waals surface area contributed by atoms with Gasteiger partial charge in [0.1, 0.15) is 0 Å². The predicted octanol–water partition coefficient (Wildman–Crippen LogP) is 2.79. The first-order valence-corrected chi connectivity index (χ1v) is 7.85. The van der Waals surface area contributed by atoms with Gasteiger partial charge in [0.05, 0.1) is 0 Å². The van der Waals surface area contributed by atoms with Crippen molar-refractivity contribution in [1.82, 2.24) is 9.80 Å². The molecule has 2 heterocycles. The van der Waals surface area contributed by atoms with Gasteiger partial charge in [0.15, 0.2) is 0 Å². The lowest BCUT2D eigenvalue weighted by Crippen LogP contribution is -2.39. The summed E-state index contributed by atoms with van der Waals surface area (Å²) in [6.45, 7) is 4.06. The Morgan fingerprint density at radius 2 is 1.95 bits per heavy atom. The smallest absolute Gasteiger partial charge is 0.223 e. The van der Waals surface area contributed by atoms with Gasteiger partial charge in [-0.05, 0) is 25.3 Å². The van der Waals surface area contributed by atoms with Crippen molar-refractivity contribution < 1.29 is 4.79 Å². The van der Waals surface area contributed by atoms with Crippen molar-refractivity contribution in [1.29, 1.82) is 0 Å². The molecule has 2 fully saturated rings. The normalized spacial score (nSPS) is 27.0. The van der Waals surface area contributed by atoms with Gasteiger partial charge in [-0.1, -0.05) is 42.0 Å². The maximum absolute atomic E-state index is 12.0. The zero-order valence-corrected chi connectivity index (χ0v) is 13.0. The van der Waals surface area contributed by atoms with E-state index in [2.05, 4.69) is 42.2 Å². The van der Waals surface area contributed by atoms with Crippen molar-refractivity contribution in [3.05, 3.63) is 41.5 Å². The lowest BCUT2D eigenvalue weighted by atomic mass is 10.1. The number of fused-ring (bicyclic) bond motifs is 2. The number of amides is 1. The van der Waals surface area contributed by atoms with Crippen LogP contribution in [-0.4, -0.2) is 47.9 Å². The van der Waals surface area contributed by atoms with Crippen molar-refractivity contribution in [2.24, 2.45) is 0 Å². The monoisotopic (exact) mass is 284 g/mol. The lowest BCUT2D eigenvalue weighted by molar-refractivity contribution is -0.130. The van der Waals surface area contributed by atoms with E-state index in [1.165, 1.54) is 24.0 Å². The molecule has 0 N–H and O–H groups in total. The molecule has 3 nitrogen and oxygen atoms in total. The Kier molecular flexibility index (Phi) is 4.11. The number of nitrogens with zero attached hydrogens (tertiary/aromatic N) is 2. The fourth-order valence-corrected chi connectivity index (χ4v) is 3.63. The van der Waals surface area contributed by atoms with Crippen molar-refractivity contribution in [2.75, 3.05) is 20.1 Å². The summed E-state index contributed by atoms with van der Waals surface area (Å²) >= 11 is 0. The molecule has 112 valence electrons. The molecule has 0 unspecified atom stereocenters. The third-order valence-corrected chi connectivity index (χ3v) is 4.74. The predicted molar refractivity (Wildman–Crippen MR) is 85.9 cm³/mol. The van der Waals surface area contributed by atoms with Crippen LogP contribution in [0.4, 0.5) is 0 Å². The minimum absolute atomic E-state index is 0.303. The molecule has 2 aliphatic rings. The molecule has 2 bridgehead atoms. The zero-order chi connectivity index (χ0) is 14.8. The molecule has 2 saturated heterocycles. The first kappa shape index (κ1) is 14.3. The molecule has 3 heteroatoms. The number of carbonyl (C=O) groups excluding carboxylic acids is 1. The van der Waals surface area contributed by atoms with Crippen molar-refractivity contribution in [3.63, 3.8) is 0 Å². The maximum atomic E-state index is 12.0. The van der Waals surface area contributed by atoms with Crippen molar-refractivity contribution in [2.45, 2.75) is 38.3 Å². The maximum Gasteiger partial charge on any atom is 0.223 e. The van der Waals surface area contributed by atoms with Crippen LogP contribution in [0.25, 0.3) is 6.08 Å². The van der Waals surface area contributed by atoms with Crippen molar-refractivity contribution >= 4 is 12.0 Å². The minimum Gasteiger partial charge on any atom is -0.344 e. The van der Waals surface area contributed by atoms with E-state index in [-0.39, 0.29) is 0 Å². The van der Waals surface area contributed by atoms with Gasteiger partial charge >= 0.3 is 0 Å². The van der Waals surface area contributed by atoms with Crippen LogP contribution in [0.15, 0.2) is 35.9 Å². The van der Waals surface area contributed by atoms with Crippen LogP contribution in [0.5, 0.6) is 0 Å². The summed E-state index contributed by atoms with van der Waals surface area (Å²) in [5.41, 5.74) is 2.63. The Balaban J connectivity index is 1.72. The molecule has 0 aliphatic carbocycles. The van der Waals surface area contributed by atoms with Crippen LogP contribution >= 0.6 is 0 Å². The third-order valence-electron chi connectivity index (χ3n) is 4.74. The van der Waals surface area contributed by atoms with E-state index in [0.717, 1.165) is 13.1 Å². The van der Waals surface area contributed by atoms with Crippen LogP contribution in [0.3, 0.4) is 0 Å². The average molecular weight is 284 g/mol. The summed E-state index contributed by atoms with van der Waals surface area (Å²) in [4.78, 5) is 16.5. The summed E-state index contributed by atoms with van der Waals surface area (Å²) in [5.74, 6) is 0.303. The third kappa shape index (κ3) is 3.18. The highest BCUT2D eigenvalue weighted by Crippen LogP contribution is 2.31. The average Bonchev–Trinajstić information content (AvgIpc) is 2.76. The number of hydrogen-bond acceptors (Lipinski definition) is 2. The molecule has 21 heavy (non-hydrogen) atoms. The first-order valence-electron chi connectivity index (χ1n) is 7.85.